The molecule has 0 aliphatic carbocycles. The van der Waals surface area contributed by atoms with Crippen molar-refractivity contribution in [1.29, 1.82) is 0 Å². The van der Waals surface area contributed by atoms with Gasteiger partial charge in [0.15, 0.2) is 0 Å². The molecule has 1 aliphatic heterocycles. The average molecular weight is 210 g/mol. The van der Waals surface area contributed by atoms with Crippen molar-refractivity contribution in [3.05, 3.63) is 18.0 Å². The van der Waals surface area contributed by atoms with Gasteiger partial charge in [0.25, 0.3) is 0 Å². The van der Waals surface area contributed by atoms with Gasteiger partial charge in [-0.1, -0.05) is 0 Å². The maximum atomic E-state index is 10.6. The number of hydrogen-bond acceptors (Lipinski definition) is 3. The molecule has 0 radical (unpaired) electrons. The van der Waals surface area contributed by atoms with Gasteiger partial charge in [-0.2, -0.15) is 5.10 Å². The SMILES string of the molecule is CCn1nccc1C1(O)CCOC(C)C1. The van der Waals surface area contributed by atoms with Gasteiger partial charge in [0.1, 0.15) is 5.60 Å². The van der Waals surface area contributed by atoms with E-state index in [4.69, 9.17) is 4.74 Å². The molecule has 15 heavy (non-hydrogen) atoms. The second-order valence-electron chi connectivity index (χ2n) is 4.20. The van der Waals surface area contributed by atoms with Crippen molar-refractivity contribution < 1.29 is 9.84 Å². The zero-order chi connectivity index (χ0) is 10.9. The molecule has 4 nitrogen and oxygen atoms in total. The van der Waals surface area contributed by atoms with Crippen LogP contribution in [0.25, 0.3) is 0 Å². The standard InChI is InChI=1S/C11H18N2O2/c1-3-13-10(4-6-12-13)11(14)5-7-15-9(2)8-11/h4,6,9,14H,3,5,7-8H2,1-2H3. The number of ether oxygens (including phenoxy) is 1. The van der Waals surface area contributed by atoms with E-state index in [0.29, 0.717) is 19.4 Å². The number of hydrogen-bond donors (Lipinski definition) is 1. The Morgan fingerprint density at radius 2 is 2.53 bits per heavy atom. The van der Waals surface area contributed by atoms with Crippen LogP contribution in [0, 0.1) is 0 Å². The molecule has 2 heterocycles. The third-order valence-corrected chi connectivity index (χ3v) is 3.04. The van der Waals surface area contributed by atoms with E-state index in [1.54, 1.807) is 6.20 Å². The number of aromatic nitrogens is 2. The Morgan fingerprint density at radius 1 is 1.73 bits per heavy atom. The lowest BCUT2D eigenvalue weighted by Gasteiger charge is -2.35. The molecule has 0 bridgehead atoms. The molecule has 0 saturated carbocycles. The summed E-state index contributed by atoms with van der Waals surface area (Å²) in [5, 5.41) is 14.8. The van der Waals surface area contributed by atoms with Crippen molar-refractivity contribution in [3.8, 4) is 0 Å². The van der Waals surface area contributed by atoms with Crippen molar-refractivity contribution in [2.45, 2.75) is 44.9 Å². The summed E-state index contributed by atoms with van der Waals surface area (Å²) in [5.41, 5.74) is 0.157. The largest absolute Gasteiger partial charge is 0.383 e. The van der Waals surface area contributed by atoms with Crippen LogP contribution >= 0.6 is 0 Å². The minimum atomic E-state index is -0.760. The lowest BCUT2D eigenvalue weighted by molar-refractivity contribution is -0.105. The van der Waals surface area contributed by atoms with E-state index in [-0.39, 0.29) is 6.10 Å². The molecule has 4 heteroatoms. The maximum Gasteiger partial charge on any atom is 0.111 e. The molecule has 84 valence electrons. The van der Waals surface area contributed by atoms with Gasteiger partial charge in [0.2, 0.25) is 0 Å². The summed E-state index contributed by atoms with van der Waals surface area (Å²) < 4.78 is 7.31. The molecular formula is C11H18N2O2. The zero-order valence-corrected chi connectivity index (χ0v) is 9.31. The number of nitrogens with zero attached hydrogens (tertiary/aromatic N) is 2. The number of aliphatic hydroxyl groups is 1. The molecule has 1 aromatic heterocycles. The van der Waals surface area contributed by atoms with Crippen molar-refractivity contribution in [3.63, 3.8) is 0 Å². The van der Waals surface area contributed by atoms with Gasteiger partial charge in [0.05, 0.1) is 18.4 Å². The highest BCUT2D eigenvalue weighted by Crippen LogP contribution is 2.34. The minimum absolute atomic E-state index is 0.115. The summed E-state index contributed by atoms with van der Waals surface area (Å²) in [6, 6.07) is 1.90. The van der Waals surface area contributed by atoms with Crippen LogP contribution in [-0.2, 0) is 16.9 Å². The first-order valence-electron chi connectivity index (χ1n) is 5.52. The van der Waals surface area contributed by atoms with Crippen LogP contribution in [0.4, 0.5) is 0 Å². The van der Waals surface area contributed by atoms with E-state index in [2.05, 4.69) is 5.10 Å². The molecule has 1 aliphatic rings. The summed E-state index contributed by atoms with van der Waals surface area (Å²) in [4.78, 5) is 0. The van der Waals surface area contributed by atoms with Crippen molar-refractivity contribution in [2.75, 3.05) is 6.61 Å². The molecule has 1 N–H and O–H groups in total. The molecule has 0 aromatic carbocycles. The smallest absolute Gasteiger partial charge is 0.111 e. The average Bonchev–Trinajstić information content (AvgIpc) is 2.65. The predicted molar refractivity (Wildman–Crippen MR) is 56.4 cm³/mol. The fourth-order valence-corrected chi connectivity index (χ4v) is 2.28. The van der Waals surface area contributed by atoms with Crippen LogP contribution in [0.3, 0.4) is 0 Å². The Labute approximate surface area is 89.9 Å². The van der Waals surface area contributed by atoms with E-state index < -0.39 is 5.60 Å². The van der Waals surface area contributed by atoms with Gasteiger partial charge in [0, 0.05) is 25.6 Å². The zero-order valence-electron chi connectivity index (χ0n) is 9.31. The first-order chi connectivity index (χ1) is 7.15. The van der Waals surface area contributed by atoms with Gasteiger partial charge in [-0.25, -0.2) is 0 Å². The third-order valence-electron chi connectivity index (χ3n) is 3.04. The Balaban J connectivity index is 2.27. The predicted octanol–water partition coefficient (Wildman–Crippen LogP) is 1.29. The monoisotopic (exact) mass is 210 g/mol. The van der Waals surface area contributed by atoms with Gasteiger partial charge in [-0.3, -0.25) is 4.68 Å². The third kappa shape index (κ3) is 1.92. The van der Waals surface area contributed by atoms with Crippen molar-refractivity contribution >= 4 is 0 Å². The van der Waals surface area contributed by atoms with Gasteiger partial charge in [-0.05, 0) is 19.9 Å². The molecule has 1 aromatic rings. The highest BCUT2D eigenvalue weighted by molar-refractivity contribution is 5.13. The van der Waals surface area contributed by atoms with Crippen LogP contribution < -0.4 is 0 Å². The lowest BCUT2D eigenvalue weighted by Crippen LogP contribution is -2.39. The molecule has 0 spiro atoms. The van der Waals surface area contributed by atoms with Crippen LogP contribution in [0.5, 0.6) is 0 Å². The number of rotatable bonds is 2. The molecule has 2 unspecified atom stereocenters. The van der Waals surface area contributed by atoms with Crippen LogP contribution in [-0.4, -0.2) is 27.6 Å². The van der Waals surface area contributed by atoms with E-state index in [1.807, 2.05) is 24.6 Å². The van der Waals surface area contributed by atoms with Gasteiger partial charge in [-0.15, -0.1) is 0 Å². The minimum Gasteiger partial charge on any atom is -0.383 e. The Hall–Kier alpha value is -0.870. The van der Waals surface area contributed by atoms with Crippen molar-refractivity contribution in [1.82, 2.24) is 9.78 Å². The first-order valence-corrected chi connectivity index (χ1v) is 5.52. The van der Waals surface area contributed by atoms with E-state index in [9.17, 15) is 5.11 Å². The van der Waals surface area contributed by atoms with Gasteiger partial charge >= 0.3 is 0 Å². The quantitative estimate of drug-likeness (QED) is 0.800. The maximum absolute atomic E-state index is 10.6. The normalized spacial score (nSPS) is 31.8. The van der Waals surface area contributed by atoms with Crippen LogP contribution in [0.2, 0.25) is 0 Å². The van der Waals surface area contributed by atoms with Crippen LogP contribution in [0.1, 0.15) is 32.4 Å². The Bertz CT molecular complexity index is 337. The summed E-state index contributed by atoms with van der Waals surface area (Å²) >= 11 is 0. The number of aryl methyl sites for hydroxylation is 1. The molecular weight excluding hydrogens is 192 g/mol. The van der Waals surface area contributed by atoms with E-state index in [0.717, 1.165) is 12.2 Å². The molecule has 1 saturated heterocycles. The van der Waals surface area contributed by atoms with E-state index >= 15 is 0 Å². The second-order valence-corrected chi connectivity index (χ2v) is 4.20. The lowest BCUT2D eigenvalue weighted by atomic mass is 9.87. The second kappa shape index (κ2) is 3.94. The van der Waals surface area contributed by atoms with Crippen LogP contribution in [0.15, 0.2) is 12.3 Å². The highest BCUT2D eigenvalue weighted by atomic mass is 16.5. The fraction of sp³-hybridized carbons (Fsp3) is 0.727. The fourth-order valence-electron chi connectivity index (χ4n) is 2.28. The highest BCUT2D eigenvalue weighted by Gasteiger charge is 2.37. The summed E-state index contributed by atoms with van der Waals surface area (Å²) in [5.74, 6) is 0. The Kier molecular flexibility index (Phi) is 2.80. The summed E-state index contributed by atoms with van der Waals surface area (Å²) in [6.45, 7) is 5.44. The van der Waals surface area contributed by atoms with Gasteiger partial charge < -0.3 is 9.84 Å². The molecule has 0 amide bonds. The first kappa shape index (κ1) is 10.6. The van der Waals surface area contributed by atoms with E-state index in [1.165, 1.54) is 0 Å². The Morgan fingerprint density at radius 3 is 3.20 bits per heavy atom. The summed E-state index contributed by atoms with van der Waals surface area (Å²) in [7, 11) is 0. The van der Waals surface area contributed by atoms with Crippen molar-refractivity contribution in [2.24, 2.45) is 0 Å². The molecule has 1 fully saturated rings. The topological polar surface area (TPSA) is 47.3 Å². The molecule has 2 rings (SSSR count). The summed E-state index contributed by atoms with van der Waals surface area (Å²) in [6.07, 6.45) is 3.17. The molecule has 2 atom stereocenters.